The molecule has 0 radical (unpaired) electrons. The third-order valence-corrected chi connectivity index (χ3v) is 7.30. The Bertz CT molecular complexity index is 319. The first-order valence-electron chi connectivity index (χ1n) is 8.65. The van der Waals surface area contributed by atoms with Gasteiger partial charge in [-0.15, -0.1) is 0 Å². The number of halogens is 2. The maximum absolute atomic E-state index is 10.9. The van der Waals surface area contributed by atoms with Gasteiger partial charge in [-0.1, -0.05) is 90.2 Å². The van der Waals surface area contributed by atoms with Crippen LogP contribution in [0.4, 0.5) is 0 Å². The van der Waals surface area contributed by atoms with Crippen LogP contribution in [0.5, 0.6) is 0 Å². The highest BCUT2D eigenvalue weighted by Gasteiger charge is 2.45. The molecule has 3 atom stereocenters. The third-order valence-electron chi connectivity index (χ3n) is 4.40. The summed E-state index contributed by atoms with van der Waals surface area (Å²) in [5.41, 5.74) is -0.950. The molecule has 130 valence electrons. The zero-order chi connectivity index (χ0) is 16.4. The SMILES string of the molecule is CCCCCCCCC(Br)C(Br)CCCCC1(C(=O)[O-])CO1. The summed E-state index contributed by atoms with van der Waals surface area (Å²) in [5.74, 6) is -1.05. The largest absolute Gasteiger partial charge is 0.547 e. The summed E-state index contributed by atoms with van der Waals surface area (Å²) in [6, 6.07) is 0. The fraction of sp³-hybridized carbons (Fsp3) is 0.941. The molecule has 0 aromatic rings. The van der Waals surface area contributed by atoms with Crippen molar-refractivity contribution in [1.82, 2.24) is 0 Å². The normalized spacial score (nSPS) is 23.2. The molecular formula is C17H29Br2O3-. The molecule has 0 N–H and O–H groups in total. The molecule has 3 nitrogen and oxygen atoms in total. The molecule has 1 saturated heterocycles. The van der Waals surface area contributed by atoms with E-state index in [0.29, 0.717) is 22.7 Å². The molecule has 0 saturated carbocycles. The average Bonchev–Trinajstić information content (AvgIpc) is 3.28. The summed E-state index contributed by atoms with van der Waals surface area (Å²) in [7, 11) is 0. The van der Waals surface area contributed by atoms with Gasteiger partial charge in [0.25, 0.3) is 0 Å². The molecule has 22 heavy (non-hydrogen) atoms. The highest BCUT2D eigenvalue weighted by Crippen LogP contribution is 2.33. The predicted octanol–water partition coefficient (Wildman–Crippen LogP) is 4.34. The van der Waals surface area contributed by atoms with Crippen molar-refractivity contribution < 1.29 is 14.6 Å². The quantitative estimate of drug-likeness (QED) is 0.229. The van der Waals surface area contributed by atoms with Crippen LogP contribution in [0, 0.1) is 0 Å². The molecular weight excluding hydrogens is 412 g/mol. The number of epoxide rings is 1. The highest BCUT2D eigenvalue weighted by atomic mass is 79.9. The molecule has 0 amide bonds. The van der Waals surface area contributed by atoms with Crippen molar-refractivity contribution in [3.05, 3.63) is 0 Å². The molecule has 0 bridgehead atoms. The standard InChI is InChI=1S/C17H30Br2O3/c1-2-3-4-5-6-7-10-14(18)15(19)11-8-9-12-17(13-22-17)16(20)21/h14-15H,2-13H2,1H3,(H,20,21)/p-1. The van der Waals surface area contributed by atoms with Gasteiger partial charge in [-0.25, -0.2) is 0 Å². The van der Waals surface area contributed by atoms with Gasteiger partial charge < -0.3 is 14.6 Å². The van der Waals surface area contributed by atoms with Crippen LogP contribution in [-0.4, -0.2) is 27.8 Å². The van der Waals surface area contributed by atoms with Gasteiger partial charge in [-0.2, -0.15) is 0 Å². The molecule has 3 unspecified atom stereocenters. The fourth-order valence-electron chi connectivity index (χ4n) is 2.68. The Balaban J connectivity index is 1.99. The third kappa shape index (κ3) is 7.78. The van der Waals surface area contributed by atoms with Crippen LogP contribution in [0.25, 0.3) is 0 Å². The first-order valence-corrected chi connectivity index (χ1v) is 10.5. The van der Waals surface area contributed by atoms with E-state index in [4.69, 9.17) is 4.74 Å². The number of carboxylic acids is 1. The van der Waals surface area contributed by atoms with E-state index < -0.39 is 11.6 Å². The number of carbonyl (C=O) groups is 1. The molecule has 1 rings (SSSR count). The Kier molecular flexibility index (Phi) is 10.2. The summed E-state index contributed by atoms with van der Waals surface area (Å²) < 4.78 is 5.02. The molecule has 1 heterocycles. The van der Waals surface area contributed by atoms with Crippen LogP contribution in [0.1, 0.15) is 77.6 Å². The number of unbranched alkanes of at least 4 members (excludes halogenated alkanes) is 6. The first kappa shape index (κ1) is 20.4. The van der Waals surface area contributed by atoms with Crippen LogP contribution < -0.4 is 5.11 Å². The van der Waals surface area contributed by atoms with Gasteiger partial charge in [0.15, 0.2) is 0 Å². The molecule has 0 aromatic heterocycles. The number of hydrogen-bond acceptors (Lipinski definition) is 3. The van der Waals surface area contributed by atoms with Crippen molar-refractivity contribution in [3.8, 4) is 0 Å². The molecule has 0 aliphatic carbocycles. The minimum absolute atomic E-state index is 0.326. The molecule has 1 aliphatic heterocycles. The smallest absolute Gasteiger partial charge is 0.131 e. The zero-order valence-electron chi connectivity index (χ0n) is 13.6. The van der Waals surface area contributed by atoms with Gasteiger partial charge in [0.2, 0.25) is 0 Å². The predicted molar refractivity (Wildman–Crippen MR) is 95.6 cm³/mol. The monoisotopic (exact) mass is 439 g/mol. The first-order chi connectivity index (χ1) is 10.5. The summed E-state index contributed by atoms with van der Waals surface area (Å²) >= 11 is 7.53. The molecule has 0 spiro atoms. The summed E-state index contributed by atoms with van der Waals surface area (Å²) in [6.45, 7) is 2.57. The Hall–Kier alpha value is 0.390. The van der Waals surface area contributed by atoms with E-state index in [0.717, 1.165) is 19.3 Å². The van der Waals surface area contributed by atoms with E-state index in [1.54, 1.807) is 0 Å². The molecule has 1 fully saturated rings. The van der Waals surface area contributed by atoms with Gasteiger partial charge in [-0.05, 0) is 19.3 Å². The Morgan fingerprint density at radius 3 is 2.05 bits per heavy atom. The van der Waals surface area contributed by atoms with Crippen LogP contribution in [-0.2, 0) is 9.53 Å². The highest BCUT2D eigenvalue weighted by molar-refractivity contribution is 9.12. The number of rotatable bonds is 14. The number of aliphatic carboxylic acids is 1. The number of hydrogen-bond donors (Lipinski definition) is 0. The van der Waals surface area contributed by atoms with Gasteiger partial charge in [-0.3, -0.25) is 0 Å². The van der Waals surface area contributed by atoms with E-state index >= 15 is 0 Å². The lowest BCUT2D eigenvalue weighted by atomic mass is 10.0. The second kappa shape index (κ2) is 11.0. The van der Waals surface area contributed by atoms with E-state index in [9.17, 15) is 9.90 Å². The van der Waals surface area contributed by atoms with Crippen LogP contribution in [0.3, 0.4) is 0 Å². The average molecular weight is 441 g/mol. The van der Waals surface area contributed by atoms with Crippen LogP contribution in [0.15, 0.2) is 0 Å². The lowest BCUT2D eigenvalue weighted by molar-refractivity contribution is -0.312. The maximum atomic E-state index is 10.9. The van der Waals surface area contributed by atoms with Crippen molar-refractivity contribution in [3.63, 3.8) is 0 Å². The number of carbonyl (C=O) groups excluding carboxylic acids is 1. The molecule has 1 aliphatic rings. The van der Waals surface area contributed by atoms with E-state index in [2.05, 4.69) is 38.8 Å². The second-order valence-corrected chi connectivity index (χ2v) is 8.76. The summed E-state index contributed by atoms with van der Waals surface area (Å²) in [4.78, 5) is 11.8. The lowest BCUT2D eigenvalue weighted by Gasteiger charge is -2.17. The van der Waals surface area contributed by atoms with E-state index in [1.807, 2.05) is 0 Å². The Labute approximate surface area is 151 Å². The summed E-state index contributed by atoms with van der Waals surface area (Å²) in [6.07, 6.45) is 12.7. The van der Waals surface area contributed by atoms with Crippen molar-refractivity contribution in [1.29, 1.82) is 0 Å². The van der Waals surface area contributed by atoms with Gasteiger partial charge in [0.1, 0.15) is 5.60 Å². The number of carboxylic acid groups (broad SMARTS) is 1. The Morgan fingerprint density at radius 1 is 1.05 bits per heavy atom. The number of alkyl halides is 2. The van der Waals surface area contributed by atoms with Crippen LogP contribution in [0.2, 0.25) is 0 Å². The van der Waals surface area contributed by atoms with Crippen molar-refractivity contribution in [2.75, 3.05) is 6.61 Å². The van der Waals surface area contributed by atoms with E-state index in [1.165, 1.54) is 44.9 Å². The van der Waals surface area contributed by atoms with Crippen molar-refractivity contribution in [2.24, 2.45) is 0 Å². The second-order valence-electron chi connectivity index (χ2n) is 6.40. The Morgan fingerprint density at radius 2 is 1.55 bits per heavy atom. The lowest BCUT2D eigenvalue weighted by Crippen LogP contribution is -2.38. The van der Waals surface area contributed by atoms with E-state index in [-0.39, 0.29) is 0 Å². The minimum atomic E-state index is -1.05. The molecule has 5 heteroatoms. The summed E-state index contributed by atoms with van der Waals surface area (Å²) in [5, 5.41) is 10.9. The van der Waals surface area contributed by atoms with Gasteiger partial charge in [0, 0.05) is 9.65 Å². The zero-order valence-corrected chi connectivity index (χ0v) is 16.8. The van der Waals surface area contributed by atoms with Crippen LogP contribution >= 0.6 is 31.9 Å². The van der Waals surface area contributed by atoms with Crippen molar-refractivity contribution in [2.45, 2.75) is 92.8 Å². The maximum Gasteiger partial charge on any atom is 0.131 e. The van der Waals surface area contributed by atoms with Crippen molar-refractivity contribution >= 4 is 37.8 Å². The van der Waals surface area contributed by atoms with Gasteiger partial charge in [0.05, 0.1) is 12.6 Å². The molecule has 0 aromatic carbocycles. The fourth-order valence-corrected chi connectivity index (χ4v) is 3.86. The van der Waals surface area contributed by atoms with Gasteiger partial charge >= 0.3 is 0 Å². The minimum Gasteiger partial charge on any atom is -0.547 e. The number of ether oxygens (including phenoxy) is 1. The topological polar surface area (TPSA) is 52.7 Å².